The number of para-hydroxylation sites is 1. The van der Waals surface area contributed by atoms with Gasteiger partial charge in [-0.15, -0.1) is 0 Å². The lowest BCUT2D eigenvalue weighted by Crippen LogP contribution is -2.23. The van der Waals surface area contributed by atoms with Gasteiger partial charge in [0.2, 0.25) is 0 Å². The molecule has 0 amide bonds. The van der Waals surface area contributed by atoms with Gasteiger partial charge in [-0.1, -0.05) is 72.8 Å². The van der Waals surface area contributed by atoms with Crippen molar-refractivity contribution in [1.82, 2.24) is 0 Å². The zero-order valence-electron chi connectivity index (χ0n) is 21.6. The first-order valence-electron chi connectivity index (χ1n) is 13.1. The van der Waals surface area contributed by atoms with Crippen LogP contribution in [0.25, 0.3) is 21.9 Å². The molecule has 0 fully saturated rings. The molecule has 0 unspecified atom stereocenters. The van der Waals surface area contributed by atoms with E-state index < -0.39 is 0 Å². The Morgan fingerprint density at radius 2 is 1.50 bits per heavy atom. The van der Waals surface area contributed by atoms with E-state index in [-0.39, 0.29) is 5.97 Å². The molecule has 5 aromatic carbocycles. The van der Waals surface area contributed by atoms with E-state index in [9.17, 15) is 4.79 Å². The van der Waals surface area contributed by atoms with Crippen LogP contribution in [0.3, 0.4) is 0 Å². The average Bonchev–Trinajstić information content (AvgIpc) is 2.97. The highest BCUT2D eigenvalue weighted by Crippen LogP contribution is 2.48. The minimum Gasteiger partial charge on any atom is -0.455 e. The molecule has 0 saturated heterocycles. The summed E-state index contributed by atoms with van der Waals surface area (Å²) < 4.78 is 12.4. The van der Waals surface area contributed by atoms with Gasteiger partial charge in [0.15, 0.2) is 5.75 Å². The summed E-state index contributed by atoms with van der Waals surface area (Å²) in [5, 5.41) is 2.37. The fraction of sp³-hybridized carbons (Fsp3) is 0.147. The summed E-state index contributed by atoms with van der Waals surface area (Å²) in [4.78, 5) is 15.7. The van der Waals surface area contributed by atoms with E-state index in [1.807, 2.05) is 42.5 Å². The number of fused-ring (bicyclic) bond motifs is 4. The van der Waals surface area contributed by atoms with E-state index in [4.69, 9.17) is 9.47 Å². The van der Waals surface area contributed by atoms with E-state index in [0.29, 0.717) is 17.7 Å². The number of carbonyl (C=O) groups is 1. The summed E-state index contributed by atoms with van der Waals surface area (Å²) in [6, 6.07) is 33.7. The van der Waals surface area contributed by atoms with Crippen LogP contribution in [0.15, 0.2) is 103 Å². The SMILES string of the molecule is CCN(CC)c1ccc(-c2ccccc2C(=O)Oc2ccccc2)c2c1Oc1ccc3ccccc3c1C2. The van der Waals surface area contributed by atoms with Gasteiger partial charge in [0, 0.05) is 30.6 Å². The maximum Gasteiger partial charge on any atom is 0.344 e. The number of anilines is 1. The van der Waals surface area contributed by atoms with Gasteiger partial charge < -0.3 is 14.4 Å². The molecule has 0 saturated carbocycles. The Morgan fingerprint density at radius 1 is 0.763 bits per heavy atom. The van der Waals surface area contributed by atoms with Crippen LogP contribution >= 0.6 is 0 Å². The minimum absolute atomic E-state index is 0.379. The number of nitrogens with zero attached hydrogens (tertiary/aromatic N) is 1. The molecule has 0 radical (unpaired) electrons. The van der Waals surface area contributed by atoms with E-state index in [2.05, 4.69) is 67.3 Å². The Hall–Kier alpha value is -4.57. The Balaban J connectivity index is 1.51. The smallest absolute Gasteiger partial charge is 0.344 e. The predicted octanol–water partition coefficient (Wildman–Crippen LogP) is 8.27. The summed E-state index contributed by atoms with van der Waals surface area (Å²) in [6.07, 6.45) is 0.707. The molecule has 0 atom stereocenters. The minimum atomic E-state index is -0.379. The third kappa shape index (κ3) is 4.18. The topological polar surface area (TPSA) is 38.8 Å². The number of esters is 1. The second-order valence-electron chi connectivity index (χ2n) is 9.40. The molecule has 1 aliphatic rings. The van der Waals surface area contributed by atoms with Crippen molar-refractivity contribution in [3.63, 3.8) is 0 Å². The highest BCUT2D eigenvalue weighted by molar-refractivity contribution is 6.00. The standard InChI is InChI=1S/C34H29NO3/c1-3-35(4-2)31-20-19-27(26-16-10-11-17-28(26)34(36)37-24-13-6-5-7-14-24)30-22-29-25-15-9-8-12-23(25)18-21-32(29)38-33(30)31/h5-21H,3-4,22H2,1-2H3. The Bertz CT molecular complexity index is 1640. The first-order chi connectivity index (χ1) is 18.7. The molecule has 0 aliphatic carbocycles. The summed E-state index contributed by atoms with van der Waals surface area (Å²) in [7, 11) is 0. The van der Waals surface area contributed by atoms with Gasteiger partial charge in [0.1, 0.15) is 11.5 Å². The molecule has 188 valence electrons. The van der Waals surface area contributed by atoms with Crippen LogP contribution in [-0.4, -0.2) is 19.1 Å². The van der Waals surface area contributed by atoms with Gasteiger partial charge in [-0.25, -0.2) is 4.79 Å². The second-order valence-corrected chi connectivity index (χ2v) is 9.40. The number of hydrogen-bond acceptors (Lipinski definition) is 4. The number of benzene rings is 5. The monoisotopic (exact) mass is 499 g/mol. The molecule has 4 nitrogen and oxygen atoms in total. The third-order valence-corrected chi connectivity index (χ3v) is 7.30. The first-order valence-corrected chi connectivity index (χ1v) is 13.1. The van der Waals surface area contributed by atoms with Gasteiger partial charge in [-0.2, -0.15) is 0 Å². The van der Waals surface area contributed by atoms with Crippen LogP contribution in [0, 0.1) is 0 Å². The lowest BCUT2D eigenvalue weighted by molar-refractivity contribution is 0.0735. The van der Waals surface area contributed by atoms with E-state index >= 15 is 0 Å². The average molecular weight is 500 g/mol. The predicted molar refractivity (Wildman–Crippen MR) is 154 cm³/mol. The second kappa shape index (κ2) is 10.1. The summed E-state index contributed by atoms with van der Waals surface area (Å²) in [6.45, 7) is 6.05. The molecule has 4 heteroatoms. The van der Waals surface area contributed by atoms with Crippen molar-refractivity contribution < 1.29 is 14.3 Å². The van der Waals surface area contributed by atoms with Crippen molar-refractivity contribution in [2.45, 2.75) is 20.3 Å². The van der Waals surface area contributed by atoms with Gasteiger partial charge in [-0.05, 0) is 66.1 Å². The zero-order valence-corrected chi connectivity index (χ0v) is 21.6. The van der Waals surface area contributed by atoms with Crippen molar-refractivity contribution in [3.05, 3.63) is 120 Å². The number of hydrogen-bond donors (Lipinski definition) is 0. The van der Waals surface area contributed by atoms with E-state index in [1.54, 1.807) is 12.1 Å². The lowest BCUT2D eigenvalue weighted by atomic mass is 9.87. The summed E-state index contributed by atoms with van der Waals surface area (Å²) in [5.74, 6) is 1.89. The van der Waals surface area contributed by atoms with Crippen LogP contribution in [0.4, 0.5) is 5.69 Å². The van der Waals surface area contributed by atoms with Crippen LogP contribution in [0.1, 0.15) is 35.3 Å². The number of ether oxygens (including phenoxy) is 2. The Kier molecular flexibility index (Phi) is 6.30. The van der Waals surface area contributed by atoms with Gasteiger partial charge in [0.25, 0.3) is 0 Å². The third-order valence-electron chi connectivity index (χ3n) is 7.30. The van der Waals surface area contributed by atoms with Gasteiger partial charge >= 0.3 is 5.97 Å². The van der Waals surface area contributed by atoms with Crippen molar-refractivity contribution in [1.29, 1.82) is 0 Å². The van der Waals surface area contributed by atoms with E-state index in [1.165, 1.54) is 10.8 Å². The molecular formula is C34H29NO3. The molecule has 0 bridgehead atoms. The van der Waals surface area contributed by atoms with Crippen molar-refractivity contribution in [3.8, 4) is 28.4 Å². The Labute approximate surface area is 223 Å². The highest BCUT2D eigenvalue weighted by Gasteiger charge is 2.28. The van der Waals surface area contributed by atoms with E-state index in [0.717, 1.165) is 52.5 Å². The fourth-order valence-corrected chi connectivity index (χ4v) is 5.40. The molecule has 38 heavy (non-hydrogen) atoms. The summed E-state index contributed by atoms with van der Waals surface area (Å²) in [5.41, 5.74) is 5.66. The zero-order chi connectivity index (χ0) is 26.1. The molecular weight excluding hydrogens is 470 g/mol. The molecule has 5 aromatic rings. The molecule has 1 heterocycles. The molecule has 0 N–H and O–H groups in total. The van der Waals surface area contributed by atoms with Gasteiger partial charge in [0.05, 0.1) is 11.3 Å². The van der Waals surface area contributed by atoms with Gasteiger partial charge in [-0.3, -0.25) is 0 Å². The quantitative estimate of drug-likeness (QED) is 0.171. The largest absolute Gasteiger partial charge is 0.455 e. The van der Waals surface area contributed by atoms with Crippen molar-refractivity contribution in [2.75, 3.05) is 18.0 Å². The fourth-order valence-electron chi connectivity index (χ4n) is 5.40. The van der Waals surface area contributed by atoms with Crippen molar-refractivity contribution in [2.24, 2.45) is 0 Å². The Morgan fingerprint density at radius 3 is 2.32 bits per heavy atom. The van der Waals surface area contributed by atoms with Crippen LogP contribution in [0.5, 0.6) is 17.2 Å². The molecule has 1 aliphatic heterocycles. The molecule has 0 aromatic heterocycles. The van der Waals surface area contributed by atoms with Crippen LogP contribution in [-0.2, 0) is 6.42 Å². The highest BCUT2D eigenvalue weighted by atomic mass is 16.5. The molecule has 0 spiro atoms. The number of carbonyl (C=O) groups excluding carboxylic acids is 1. The maximum absolute atomic E-state index is 13.4. The van der Waals surface area contributed by atoms with Crippen LogP contribution < -0.4 is 14.4 Å². The molecule has 6 rings (SSSR count). The lowest BCUT2D eigenvalue weighted by Gasteiger charge is -2.31. The maximum atomic E-state index is 13.4. The van der Waals surface area contributed by atoms with Crippen molar-refractivity contribution >= 4 is 22.4 Å². The normalized spacial score (nSPS) is 11.8. The first kappa shape index (κ1) is 23.8. The number of rotatable bonds is 6. The summed E-state index contributed by atoms with van der Waals surface area (Å²) >= 11 is 0. The van der Waals surface area contributed by atoms with Crippen LogP contribution in [0.2, 0.25) is 0 Å².